The number of aliphatic hydroxyl groups excluding tert-OH is 2. The van der Waals surface area contributed by atoms with E-state index in [-0.39, 0.29) is 165 Å². The highest BCUT2D eigenvalue weighted by molar-refractivity contribution is 9.10. The first-order valence-electron chi connectivity index (χ1n) is 44.1. The van der Waals surface area contributed by atoms with E-state index < -0.39 is 59.2 Å². The predicted molar refractivity (Wildman–Crippen MR) is 520 cm³/mol. The number of nitrogens with zero attached hydrogens (tertiary/aromatic N) is 8. The van der Waals surface area contributed by atoms with E-state index in [0.29, 0.717) is 140 Å². The second kappa shape index (κ2) is 47.2. The van der Waals surface area contributed by atoms with E-state index in [1.54, 1.807) is 71.2 Å². The number of halogens is 9. The van der Waals surface area contributed by atoms with Crippen molar-refractivity contribution in [2.75, 3.05) is 39.4 Å². The summed E-state index contributed by atoms with van der Waals surface area (Å²) < 4.78 is 96.7. The number of pyridine rings is 4. The molecule has 0 aliphatic carbocycles. The number of carbonyl (C=O) groups is 4. The topological polar surface area (TPSA) is 265 Å². The molecule has 0 radical (unpaired) electrons. The molecule has 0 bridgehead atoms. The van der Waals surface area contributed by atoms with Crippen LogP contribution in [0.4, 0.5) is 17.6 Å². The molecule has 138 heavy (non-hydrogen) atoms. The van der Waals surface area contributed by atoms with Crippen LogP contribution in [0, 0.1) is 23.3 Å². The Labute approximate surface area is 820 Å². The summed E-state index contributed by atoms with van der Waals surface area (Å²) in [6.07, 6.45) is 9.64. The Hall–Kier alpha value is -13.2. The lowest BCUT2D eigenvalue weighted by atomic mass is 10.0. The van der Waals surface area contributed by atoms with Crippen molar-refractivity contribution in [2.45, 2.75) is 124 Å². The highest BCUT2D eigenvalue weighted by atomic mass is 79.9. The lowest BCUT2D eigenvalue weighted by Crippen LogP contribution is -2.43. The molecule has 4 amide bonds. The van der Waals surface area contributed by atoms with Gasteiger partial charge in [-0.3, -0.25) is 38.4 Å². The van der Waals surface area contributed by atoms with Gasteiger partial charge in [0.2, 0.25) is 21.7 Å². The van der Waals surface area contributed by atoms with Crippen LogP contribution in [-0.4, -0.2) is 111 Å². The molecule has 714 valence electrons. The minimum absolute atomic E-state index is 0.0000114. The molecule has 4 aromatic heterocycles. The lowest BCUT2D eigenvalue weighted by Gasteiger charge is -2.33. The first-order chi connectivity index (χ1) is 66.8. The van der Waals surface area contributed by atoms with E-state index in [1.807, 2.05) is 143 Å². The second-order valence-corrected chi connectivity index (χ2v) is 34.9. The molecule has 33 heteroatoms. The Morgan fingerprint density at radius 3 is 1.03 bits per heavy atom. The molecule has 8 aromatic carbocycles. The first-order valence-corrected chi connectivity index (χ1v) is 46.4. The Bertz CT molecular complexity index is 6870. The number of aromatic nitrogens is 4. The number of ether oxygens (including phenoxy) is 6. The van der Waals surface area contributed by atoms with Crippen LogP contribution in [0.5, 0.6) is 23.0 Å². The molecule has 0 atom stereocenters. The number of hydrogen-bond donors (Lipinski definition) is 2. The van der Waals surface area contributed by atoms with Crippen molar-refractivity contribution in [3.63, 3.8) is 0 Å². The molecule has 0 fully saturated rings. The molecule has 24 nitrogen and oxygen atoms in total. The van der Waals surface area contributed by atoms with Gasteiger partial charge in [0.25, 0.3) is 23.6 Å². The van der Waals surface area contributed by atoms with Gasteiger partial charge in [0, 0.05) is 95.2 Å². The van der Waals surface area contributed by atoms with E-state index in [2.05, 4.69) is 35.7 Å². The predicted octanol–water partition coefficient (Wildman–Crippen LogP) is 18.0. The summed E-state index contributed by atoms with van der Waals surface area (Å²) in [5, 5.41) is 19.8. The van der Waals surface area contributed by atoms with Gasteiger partial charge in [-0.25, -0.2) is 17.6 Å². The second-order valence-electron chi connectivity index (χ2n) is 32.5. The van der Waals surface area contributed by atoms with E-state index in [1.165, 1.54) is 48.5 Å². The van der Waals surface area contributed by atoms with Gasteiger partial charge in [-0.2, -0.15) is 0 Å². The Balaban J connectivity index is 0.000000147. The maximum absolute atomic E-state index is 13.8. The molecule has 0 saturated heterocycles. The molecule has 2 N–H and O–H groups in total. The molecule has 5 aliphatic heterocycles. The summed E-state index contributed by atoms with van der Waals surface area (Å²) in [7, 11) is 0. The van der Waals surface area contributed by atoms with Crippen LogP contribution in [0.25, 0.3) is 0 Å². The van der Waals surface area contributed by atoms with Crippen LogP contribution in [0.3, 0.4) is 0 Å². The number of carbonyl (C=O) groups excluding carboxylic acids is 4. The molecule has 0 saturated carbocycles. The number of amides is 4. The summed E-state index contributed by atoms with van der Waals surface area (Å²) in [6.45, 7) is 15.9. The van der Waals surface area contributed by atoms with Crippen molar-refractivity contribution in [3.05, 3.63) is 440 Å². The summed E-state index contributed by atoms with van der Waals surface area (Å²) in [4.78, 5) is 115. The standard InChI is InChI=1S/C29H28ClFN2O4.C27H24ClFN2O4.C26H24ClFN2O4.C23H19BrClFN2O4/c1-3-8-22-25(19-36-15-4-2)33-14-13-32(17-21-11-12-24(31)23(30)16-21)29(35)26(33)28(27(22)34)37-18-20-9-6-5-7-10-20;28-21-14-19(9-10-22(21)29)15-30-11-12-31-23-17-34-13-5-4-8-20(23)25(32)26(24(31)27(30)33)35-16-18-6-2-1-3-7-18;1-2-6-19-22(15-31)30-12-11-29(14-18-9-10-21(28)20(27)13-18)26(33)23(30)25(24(19)32)34-16-17-7-4-3-5-8-17;24-19-18(12-29)28-9-8-27(11-15-6-7-17(26)16(25)10-15)23(31)20(28)22(21(19)30)32-13-14-4-2-1-3-5-14/h3-7,9-12,16H,1-2,8,13-15,17-19H2;1-7,9-10,14H,8,11-13,15-17H2;2-5,7-10,13,31H,1,6,11-12,14-16H2;1-7,10,29H,8-9,11-13H2/b;5-4-;;. The van der Waals surface area contributed by atoms with Gasteiger partial charge < -0.3 is 76.5 Å². The number of rotatable bonds is 30. The van der Waals surface area contributed by atoms with Gasteiger partial charge >= 0.3 is 0 Å². The third-order valence-corrected chi connectivity index (χ3v) is 25.4. The van der Waals surface area contributed by atoms with Gasteiger partial charge in [-0.15, -0.1) is 19.7 Å². The van der Waals surface area contributed by atoms with Crippen molar-refractivity contribution < 1.29 is 75.4 Å². The SMILES string of the molecule is C=CCOCc1c(CC=C)c(=O)c(OCc2ccccc2)c2n1CCN(Cc1ccc(F)c(Cl)c1)C2=O.C=CCc1c(CO)n2c(c(OCc3ccccc3)c1=O)C(=O)N(Cc1ccc(F)c(Cl)c1)CC2.O=C1c2c(OCc3ccccc3)c(=O)c(Br)c(CO)n2CCN1Cc1ccc(F)c(Cl)c1.O=C1c2c(OCc3ccccc3)c(=O)c3c(n2CCN1Cc1ccc(F)c(Cl)c1)COC/C=C\C3. The Kier molecular flexibility index (Phi) is 34.5. The fourth-order valence-electron chi connectivity index (χ4n) is 16.6. The van der Waals surface area contributed by atoms with Crippen molar-refractivity contribution >= 4 is 86.0 Å². The maximum Gasteiger partial charge on any atom is 0.274 e. The van der Waals surface area contributed by atoms with Crippen molar-refractivity contribution in [3.8, 4) is 23.0 Å². The van der Waals surface area contributed by atoms with Crippen molar-refractivity contribution in [2.24, 2.45) is 0 Å². The summed E-state index contributed by atoms with van der Waals surface area (Å²) >= 11 is 26.9. The Morgan fingerprint density at radius 1 is 0.370 bits per heavy atom. The fourth-order valence-corrected chi connectivity index (χ4v) is 18.0. The minimum Gasteiger partial charge on any atom is -0.483 e. The van der Waals surface area contributed by atoms with Gasteiger partial charge in [0.1, 0.15) is 49.7 Å². The lowest BCUT2D eigenvalue weighted by molar-refractivity contribution is 0.0661. The smallest absolute Gasteiger partial charge is 0.274 e. The minimum atomic E-state index is -0.536. The third kappa shape index (κ3) is 23.4. The Morgan fingerprint density at radius 2 is 0.688 bits per heavy atom. The van der Waals surface area contributed by atoms with Crippen LogP contribution < -0.4 is 40.7 Å². The van der Waals surface area contributed by atoms with Crippen molar-refractivity contribution in [1.82, 2.24) is 37.9 Å². The maximum atomic E-state index is 13.8. The molecule has 9 heterocycles. The summed E-state index contributed by atoms with van der Waals surface area (Å²) in [5.74, 6) is -3.70. The van der Waals surface area contributed by atoms with Gasteiger partial charge in [-0.1, -0.05) is 222 Å². The molecule has 5 aliphatic rings. The zero-order chi connectivity index (χ0) is 97.8. The first kappa shape index (κ1) is 101. The molecular weight excluding hydrogens is 1930 g/mol. The van der Waals surface area contributed by atoms with Gasteiger partial charge in [0.05, 0.1) is 87.0 Å². The quantitative estimate of drug-likeness (QED) is 0.0241. The van der Waals surface area contributed by atoms with E-state index in [0.717, 1.165) is 22.3 Å². The number of hydrogen-bond acceptors (Lipinski definition) is 16. The van der Waals surface area contributed by atoms with Crippen LogP contribution in [0.1, 0.15) is 126 Å². The van der Waals surface area contributed by atoms with Crippen LogP contribution in [-0.2, 0) is 134 Å². The summed E-state index contributed by atoms with van der Waals surface area (Å²) in [5.41, 5.74) is 8.56. The largest absolute Gasteiger partial charge is 0.483 e. The summed E-state index contributed by atoms with van der Waals surface area (Å²) in [6, 6.07) is 54.9. The highest BCUT2D eigenvalue weighted by Gasteiger charge is 2.39. The normalized spacial score (nSPS) is 13.8. The van der Waals surface area contributed by atoms with Crippen LogP contribution >= 0.6 is 62.3 Å². The number of aliphatic hydroxyl groups is 2. The average Bonchev–Trinajstić information content (AvgIpc) is 0.762. The van der Waals surface area contributed by atoms with E-state index in [9.17, 15) is 66.1 Å². The number of benzene rings is 8. The van der Waals surface area contributed by atoms with E-state index >= 15 is 0 Å². The molecule has 0 spiro atoms. The molecule has 17 rings (SSSR count). The highest BCUT2D eigenvalue weighted by Crippen LogP contribution is 2.36. The van der Waals surface area contributed by atoms with Crippen LogP contribution in [0.15, 0.2) is 268 Å². The van der Waals surface area contributed by atoms with Gasteiger partial charge in [-0.05, 0) is 128 Å². The average molecular weight is 2020 g/mol. The van der Waals surface area contributed by atoms with Gasteiger partial charge in [0.15, 0.2) is 45.8 Å². The molecule has 12 aromatic rings. The molecule has 0 unspecified atom stereocenters. The monoisotopic (exact) mass is 2020 g/mol. The van der Waals surface area contributed by atoms with Crippen LogP contribution in [0.2, 0.25) is 20.1 Å². The fraction of sp³-hybridized carbons (Fsp3) is 0.238. The number of fused-ring (bicyclic) bond motifs is 6. The van der Waals surface area contributed by atoms with Crippen molar-refractivity contribution in [1.29, 1.82) is 0 Å². The third-order valence-electron chi connectivity index (χ3n) is 23.5. The zero-order valence-electron chi connectivity index (χ0n) is 74.8. The zero-order valence-corrected chi connectivity index (χ0v) is 79.4. The van der Waals surface area contributed by atoms with E-state index in [4.69, 9.17) is 74.8 Å². The molecular formula is C105H95BrCl4F4N8O16. The number of allylic oxidation sites excluding steroid dienone is 3.